The van der Waals surface area contributed by atoms with Gasteiger partial charge in [0.2, 0.25) is 5.91 Å². The van der Waals surface area contributed by atoms with Crippen molar-refractivity contribution in [1.82, 2.24) is 4.90 Å². The predicted octanol–water partition coefficient (Wildman–Crippen LogP) is 4.30. The molecule has 0 radical (unpaired) electrons. The van der Waals surface area contributed by atoms with Gasteiger partial charge in [-0.1, -0.05) is 12.1 Å². The molecule has 5 nitrogen and oxygen atoms in total. The van der Waals surface area contributed by atoms with Crippen LogP contribution in [0.15, 0.2) is 24.3 Å². The molecule has 1 aromatic carbocycles. The number of carbonyl (C=O) groups excluding carboxylic acids is 1. The van der Waals surface area contributed by atoms with E-state index in [1.165, 1.54) is 12.0 Å². The molecule has 4 fully saturated rings. The van der Waals surface area contributed by atoms with E-state index in [1.807, 2.05) is 17.0 Å². The van der Waals surface area contributed by atoms with Crippen molar-refractivity contribution in [2.45, 2.75) is 57.8 Å². The third-order valence-corrected chi connectivity index (χ3v) is 7.26. The lowest BCUT2D eigenvalue weighted by atomic mass is 9.42. The highest BCUT2D eigenvalue weighted by molar-refractivity contribution is 5.83. The maximum Gasteiger partial charge on any atom is 0.269 e. The number of rotatable bonds is 5. The average molecular weight is 356 g/mol. The lowest BCUT2D eigenvalue weighted by Crippen LogP contribution is -2.59. The zero-order valence-corrected chi connectivity index (χ0v) is 15.7. The van der Waals surface area contributed by atoms with E-state index in [-0.39, 0.29) is 21.4 Å². The molecule has 0 spiro atoms. The molecule has 4 saturated carbocycles. The van der Waals surface area contributed by atoms with E-state index in [0.29, 0.717) is 17.7 Å². The molecular weight excluding hydrogens is 328 g/mol. The standard InChI is InChI=1S/C21H28N2O3/c1-3-22(4-2)19(24)21-12-15-9-16(13-21)11-20(10-15,14-21)17-5-7-18(8-6-17)23(25)26/h5-8,15-16H,3-4,9-14H2,1-2H3/t15-,16+,20?,21?. The lowest BCUT2D eigenvalue weighted by molar-refractivity contribution is -0.384. The second-order valence-electron chi connectivity index (χ2n) is 8.80. The number of nitrogens with zero attached hydrogens (tertiary/aromatic N) is 2. The minimum absolute atomic E-state index is 0.0298. The Hall–Kier alpha value is -1.91. The second-order valence-corrected chi connectivity index (χ2v) is 8.80. The van der Waals surface area contributed by atoms with Crippen molar-refractivity contribution in [2.24, 2.45) is 17.3 Å². The first-order valence-corrected chi connectivity index (χ1v) is 9.96. The van der Waals surface area contributed by atoms with E-state index in [1.54, 1.807) is 12.1 Å². The first kappa shape index (κ1) is 17.5. The maximum atomic E-state index is 13.4. The summed E-state index contributed by atoms with van der Waals surface area (Å²) in [5.41, 5.74) is 1.17. The van der Waals surface area contributed by atoms with Gasteiger partial charge in [0.25, 0.3) is 5.69 Å². The molecule has 0 heterocycles. The van der Waals surface area contributed by atoms with Crippen LogP contribution in [0, 0.1) is 27.4 Å². The molecule has 140 valence electrons. The molecule has 2 unspecified atom stereocenters. The number of nitro benzene ring substituents is 1. The zero-order valence-electron chi connectivity index (χ0n) is 15.7. The van der Waals surface area contributed by atoms with Crippen molar-refractivity contribution >= 4 is 11.6 Å². The molecule has 4 atom stereocenters. The number of amides is 1. The Labute approximate surface area is 154 Å². The Morgan fingerprint density at radius 2 is 1.69 bits per heavy atom. The van der Waals surface area contributed by atoms with Gasteiger partial charge in [0.1, 0.15) is 0 Å². The Morgan fingerprint density at radius 1 is 1.12 bits per heavy atom. The average Bonchev–Trinajstić information content (AvgIpc) is 2.61. The third kappa shape index (κ3) is 2.55. The molecule has 0 aromatic heterocycles. The Morgan fingerprint density at radius 3 is 2.19 bits per heavy atom. The quantitative estimate of drug-likeness (QED) is 0.583. The van der Waals surface area contributed by atoms with Gasteiger partial charge in [0.05, 0.1) is 10.3 Å². The normalized spacial score (nSPS) is 34.7. The van der Waals surface area contributed by atoms with Crippen LogP contribution in [0.5, 0.6) is 0 Å². The smallest absolute Gasteiger partial charge is 0.269 e. The zero-order chi connectivity index (χ0) is 18.5. The summed E-state index contributed by atoms with van der Waals surface area (Å²) in [6.07, 6.45) is 6.51. The summed E-state index contributed by atoms with van der Waals surface area (Å²) in [7, 11) is 0. The van der Waals surface area contributed by atoms with Gasteiger partial charge >= 0.3 is 0 Å². The van der Waals surface area contributed by atoms with Gasteiger partial charge in [-0.05, 0) is 75.2 Å². The van der Waals surface area contributed by atoms with E-state index in [4.69, 9.17) is 0 Å². The fraction of sp³-hybridized carbons (Fsp3) is 0.667. The molecule has 4 bridgehead atoms. The summed E-state index contributed by atoms with van der Waals surface area (Å²) < 4.78 is 0. The highest BCUT2D eigenvalue weighted by Gasteiger charge is 2.61. The van der Waals surface area contributed by atoms with Crippen LogP contribution in [0.3, 0.4) is 0 Å². The van der Waals surface area contributed by atoms with E-state index in [0.717, 1.165) is 45.2 Å². The van der Waals surface area contributed by atoms with Gasteiger partial charge < -0.3 is 4.90 Å². The number of hydrogen-bond donors (Lipinski definition) is 0. The van der Waals surface area contributed by atoms with Crippen molar-refractivity contribution in [3.63, 3.8) is 0 Å². The Kier molecular flexibility index (Phi) is 4.08. The van der Waals surface area contributed by atoms with Gasteiger partial charge in [-0.3, -0.25) is 14.9 Å². The van der Waals surface area contributed by atoms with Crippen LogP contribution >= 0.6 is 0 Å². The molecule has 1 aromatic rings. The summed E-state index contributed by atoms with van der Waals surface area (Å²) >= 11 is 0. The van der Waals surface area contributed by atoms with Crippen LogP contribution in [0.1, 0.15) is 57.9 Å². The number of non-ortho nitro benzene ring substituents is 1. The van der Waals surface area contributed by atoms with Crippen LogP contribution in [-0.4, -0.2) is 28.8 Å². The molecule has 1 amide bonds. The largest absolute Gasteiger partial charge is 0.343 e. The first-order valence-electron chi connectivity index (χ1n) is 9.96. The van der Waals surface area contributed by atoms with Gasteiger partial charge in [-0.15, -0.1) is 0 Å². The minimum atomic E-state index is -0.338. The topological polar surface area (TPSA) is 63.5 Å². The minimum Gasteiger partial charge on any atom is -0.343 e. The summed E-state index contributed by atoms with van der Waals surface area (Å²) in [5, 5.41) is 11.0. The van der Waals surface area contributed by atoms with Crippen molar-refractivity contribution in [3.05, 3.63) is 39.9 Å². The summed E-state index contributed by atoms with van der Waals surface area (Å²) in [5.74, 6) is 1.58. The second kappa shape index (κ2) is 6.07. The van der Waals surface area contributed by atoms with Crippen molar-refractivity contribution in [1.29, 1.82) is 0 Å². The maximum absolute atomic E-state index is 13.4. The molecule has 0 aliphatic heterocycles. The fourth-order valence-corrected chi connectivity index (χ4v) is 6.63. The molecule has 0 N–H and O–H groups in total. The van der Waals surface area contributed by atoms with Crippen molar-refractivity contribution < 1.29 is 9.72 Å². The van der Waals surface area contributed by atoms with E-state index in [9.17, 15) is 14.9 Å². The van der Waals surface area contributed by atoms with Crippen LogP contribution in [-0.2, 0) is 10.2 Å². The van der Waals surface area contributed by atoms with E-state index in [2.05, 4.69) is 13.8 Å². The van der Waals surface area contributed by atoms with Gasteiger partial charge in [-0.2, -0.15) is 0 Å². The monoisotopic (exact) mass is 356 g/mol. The number of hydrogen-bond acceptors (Lipinski definition) is 3. The Bertz CT molecular complexity index is 709. The first-order chi connectivity index (χ1) is 12.4. The van der Waals surface area contributed by atoms with Crippen molar-refractivity contribution in [3.8, 4) is 0 Å². The molecule has 26 heavy (non-hydrogen) atoms. The summed E-state index contributed by atoms with van der Waals surface area (Å²) in [6.45, 7) is 5.68. The molecular formula is C21H28N2O3. The molecule has 0 saturated heterocycles. The van der Waals surface area contributed by atoms with Crippen LogP contribution in [0.2, 0.25) is 0 Å². The van der Waals surface area contributed by atoms with Gasteiger partial charge in [0, 0.05) is 25.2 Å². The molecule has 5 rings (SSSR count). The highest BCUT2D eigenvalue weighted by Crippen LogP contribution is 2.66. The molecule has 5 heteroatoms. The number of carbonyl (C=O) groups is 1. The lowest BCUT2D eigenvalue weighted by Gasteiger charge is -2.62. The van der Waals surface area contributed by atoms with Crippen LogP contribution in [0.4, 0.5) is 5.69 Å². The van der Waals surface area contributed by atoms with E-state index < -0.39 is 0 Å². The van der Waals surface area contributed by atoms with E-state index >= 15 is 0 Å². The predicted molar refractivity (Wildman–Crippen MR) is 99.8 cm³/mol. The number of benzene rings is 1. The number of nitro groups is 1. The highest BCUT2D eigenvalue weighted by atomic mass is 16.6. The molecule has 4 aliphatic rings. The summed E-state index contributed by atoms with van der Waals surface area (Å²) in [4.78, 5) is 26.1. The van der Waals surface area contributed by atoms with Crippen LogP contribution in [0.25, 0.3) is 0 Å². The Balaban J connectivity index is 1.70. The summed E-state index contributed by atoms with van der Waals surface area (Å²) in [6, 6.07) is 7.15. The van der Waals surface area contributed by atoms with Gasteiger partial charge in [-0.25, -0.2) is 0 Å². The van der Waals surface area contributed by atoms with Gasteiger partial charge in [0.15, 0.2) is 0 Å². The van der Waals surface area contributed by atoms with Crippen LogP contribution < -0.4 is 0 Å². The SMILES string of the molecule is CCN(CC)C(=O)C12C[C@H]3C[C@@H](C1)CC(c1ccc([N+](=O)[O-])cc1)(C3)C2. The fourth-order valence-electron chi connectivity index (χ4n) is 6.63. The van der Waals surface area contributed by atoms with Crippen molar-refractivity contribution in [2.75, 3.05) is 13.1 Å². The third-order valence-electron chi connectivity index (χ3n) is 7.26. The molecule has 4 aliphatic carbocycles.